The molecule has 2 nitrogen and oxygen atoms in total. The number of hydrogen-bond acceptors (Lipinski definition) is 2. The highest BCUT2D eigenvalue weighted by Crippen LogP contribution is 2.52. The van der Waals surface area contributed by atoms with E-state index in [1.807, 2.05) is 36.4 Å². The van der Waals surface area contributed by atoms with E-state index in [0.29, 0.717) is 10.0 Å². The average molecular weight is 433 g/mol. The molecule has 0 bridgehead atoms. The van der Waals surface area contributed by atoms with Crippen LogP contribution in [-0.2, 0) is 0 Å². The molecule has 0 fully saturated rings. The molecule has 148 valence electrons. The van der Waals surface area contributed by atoms with Crippen molar-refractivity contribution in [2.24, 2.45) is 0 Å². The first-order valence-corrected chi connectivity index (χ1v) is 10.3. The van der Waals surface area contributed by atoms with E-state index in [1.54, 1.807) is 14.2 Å². The minimum absolute atomic E-state index is 0.715. The summed E-state index contributed by atoms with van der Waals surface area (Å²) in [4.78, 5) is 0. The van der Waals surface area contributed by atoms with Gasteiger partial charge in [0, 0.05) is 20.8 Å². The highest BCUT2D eigenvalue weighted by molar-refractivity contribution is 6.31. The minimum Gasteiger partial charge on any atom is -0.496 e. The Labute approximate surface area is 185 Å². The molecular weight excluding hydrogens is 415 g/mol. The molecule has 1 aliphatic rings. The van der Waals surface area contributed by atoms with Gasteiger partial charge in [-0.15, -0.1) is 0 Å². The van der Waals surface area contributed by atoms with Crippen molar-refractivity contribution < 1.29 is 9.47 Å². The Bertz CT molecular complexity index is 1200. The fourth-order valence-electron chi connectivity index (χ4n) is 4.01. The zero-order chi connectivity index (χ0) is 20.8. The zero-order valence-electron chi connectivity index (χ0n) is 16.5. The number of methoxy groups -OCH3 is 2. The van der Waals surface area contributed by atoms with Gasteiger partial charge in [-0.05, 0) is 81.9 Å². The topological polar surface area (TPSA) is 18.5 Å². The van der Waals surface area contributed by atoms with Crippen molar-refractivity contribution >= 4 is 45.1 Å². The predicted molar refractivity (Wildman–Crippen MR) is 125 cm³/mol. The number of ether oxygens (including phenoxy) is 2. The number of hydrogen-bond donors (Lipinski definition) is 0. The number of fused-ring (bicyclic) bond motifs is 2. The summed E-state index contributed by atoms with van der Waals surface area (Å²) in [6.45, 7) is 0. The summed E-state index contributed by atoms with van der Waals surface area (Å²) in [6, 6.07) is 24.2. The van der Waals surface area contributed by atoms with Crippen LogP contribution in [0.1, 0.15) is 22.3 Å². The SMILES string of the molecule is COc1ccc(OC)c2cc3c(cc12)C3=C(c1ccc(Cl)cc1)c1ccc(Cl)cc1. The first-order chi connectivity index (χ1) is 14.6. The lowest BCUT2D eigenvalue weighted by Crippen LogP contribution is -1.88. The van der Waals surface area contributed by atoms with Crippen LogP contribution in [0.4, 0.5) is 0 Å². The molecule has 0 radical (unpaired) electrons. The standard InChI is InChI=1S/C26H18Cl2O2/c1-29-23-11-12-24(30-2)20-14-22-21(13-19(20)23)26(22)25(15-3-7-17(27)8-4-15)16-5-9-18(28)10-6-16/h3-14H,1-2H3. The number of benzene rings is 4. The van der Waals surface area contributed by atoms with Crippen LogP contribution in [0.5, 0.6) is 11.5 Å². The molecule has 0 spiro atoms. The number of halogens is 2. The van der Waals surface area contributed by atoms with Crippen LogP contribution in [0, 0.1) is 0 Å². The van der Waals surface area contributed by atoms with E-state index in [-0.39, 0.29) is 0 Å². The molecular formula is C26H18Cl2O2. The summed E-state index contributed by atoms with van der Waals surface area (Å²) in [5.41, 5.74) is 7.03. The summed E-state index contributed by atoms with van der Waals surface area (Å²) < 4.78 is 11.2. The maximum Gasteiger partial charge on any atom is 0.126 e. The lowest BCUT2D eigenvalue weighted by atomic mass is 9.96. The van der Waals surface area contributed by atoms with Gasteiger partial charge >= 0.3 is 0 Å². The van der Waals surface area contributed by atoms with Crippen LogP contribution in [-0.4, -0.2) is 14.2 Å². The monoisotopic (exact) mass is 432 g/mol. The van der Waals surface area contributed by atoms with Crippen molar-refractivity contribution in [2.75, 3.05) is 14.2 Å². The van der Waals surface area contributed by atoms with Crippen molar-refractivity contribution in [3.05, 3.63) is 105 Å². The molecule has 0 aromatic heterocycles. The third kappa shape index (κ3) is 3.13. The Morgan fingerprint density at radius 2 is 1.00 bits per heavy atom. The highest BCUT2D eigenvalue weighted by Gasteiger charge is 2.31. The summed E-state index contributed by atoms with van der Waals surface area (Å²) in [7, 11) is 3.38. The van der Waals surface area contributed by atoms with Crippen molar-refractivity contribution in [2.45, 2.75) is 0 Å². The van der Waals surface area contributed by atoms with E-state index >= 15 is 0 Å². The molecule has 0 atom stereocenters. The lowest BCUT2D eigenvalue weighted by Gasteiger charge is -2.09. The van der Waals surface area contributed by atoms with Gasteiger partial charge in [0.15, 0.2) is 0 Å². The normalized spacial score (nSPS) is 11.9. The van der Waals surface area contributed by atoms with Gasteiger partial charge in [-0.25, -0.2) is 0 Å². The fourth-order valence-corrected chi connectivity index (χ4v) is 4.27. The van der Waals surface area contributed by atoms with E-state index in [9.17, 15) is 0 Å². The summed E-state index contributed by atoms with van der Waals surface area (Å²) >= 11 is 12.3. The summed E-state index contributed by atoms with van der Waals surface area (Å²) in [5, 5.41) is 3.51. The van der Waals surface area contributed by atoms with Gasteiger partial charge in [-0.2, -0.15) is 0 Å². The second kappa shape index (κ2) is 7.39. The Balaban J connectivity index is 1.77. The van der Waals surface area contributed by atoms with Crippen LogP contribution in [0.25, 0.3) is 21.9 Å². The molecule has 0 aliphatic heterocycles. The Hall–Kier alpha value is -2.94. The molecule has 4 heteroatoms. The quantitative estimate of drug-likeness (QED) is 0.292. The van der Waals surface area contributed by atoms with Gasteiger partial charge in [-0.1, -0.05) is 47.5 Å². The van der Waals surface area contributed by atoms with Crippen molar-refractivity contribution in [3.8, 4) is 11.5 Å². The average Bonchev–Trinajstić information content (AvgIpc) is 3.46. The smallest absolute Gasteiger partial charge is 0.126 e. The van der Waals surface area contributed by atoms with Crippen LogP contribution < -0.4 is 9.47 Å². The maximum atomic E-state index is 6.14. The molecule has 30 heavy (non-hydrogen) atoms. The minimum atomic E-state index is 0.715. The Morgan fingerprint density at radius 1 is 0.600 bits per heavy atom. The molecule has 5 rings (SSSR count). The van der Waals surface area contributed by atoms with E-state index in [1.165, 1.54) is 16.7 Å². The number of rotatable bonds is 4. The predicted octanol–water partition coefficient (Wildman–Crippen LogP) is 7.48. The zero-order valence-corrected chi connectivity index (χ0v) is 18.0. The maximum absolute atomic E-state index is 6.14. The lowest BCUT2D eigenvalue weighted by molar-refractivity contribution is 0.410. The molecule has 0 saturated carbocycles. The van der Waals surface area contributed by atoms with E-state index in [2.05, 4.69) is 36.4 Å². The molecule has 0 amide bonds. The largest absolute Gasteiger partial charge is 0.496 e. The molecule has 4 aromatic rings. The molecule has 0 heterocycles. The van der Waals surface area contributed by atoms with Crippen LogP contribution >= 0.6 is 23.2 Å². The van der Waals surface area contributed by atoms with Crippen LogP contribution in [0.15, 0.2) is 72.8 Å². The van der Waals surface area contributed by atoms with E-state index in [0.717, 1.165) is 39.0 Å². The summed E-state index contributed by atoms with van der Waals surface area (Å²) in [6.07, 6.45) is 0. The van der Waals surface area contributed by atoms with Crippen LogP contribution in [0.3, 0.4) is 0 Å². The third-order valence-electron chi connectivity index (χ3n) is 5.51. The van der Waals surface area contributed by atoms with Gasteiger partial charge < -0.3 is 9.47 Å². The Morgan fingerprint density at radius 3 is 1.37 bits per heavy atom. The third-order valence-corrected chi connectivity index (χ3v) is 6.01. The van der Waals surface area contributed by atoms with E-state index < -0.39 is 0 Å². The van der Waals surface area contributed by atoms with Crippen molar-refractivity contribution in [1.29, 1.82) is 0 Å². The molecule has 0 unspecified atom stereocenters. The summed E-state index contributed by atoms with van der Waals surface area (Å²) in [5.74, 6) is 1.67. The fraction of sp³-hybridized carbons (Fsp3) is 0.0769. The van der Waals surface area contributed by atoms with Crippen LogP contribution in [0.2, 0.25) is 10.0 Å². The first-order valence-electron chi connectivity index (χ1n) is 9.56. The Kier molecular flexibility index (Phi) is 4.69. The molecule has 0 saturated heterocycles. The highest BCUT2D eigenvalue weighted by atomic mass is 35.5. The van der Waals surface area contributed by atoms with Gasteiger partial charge in [0.2, 0.25) is 0 Å². The van der Waals surface area contributed by atoms with Gasteiger partial charge in [0.05, 0.1) is 14.2 Å². The second-order valence-electron chi connectivity index (χ2n) is 7.18. The first kappa shape index (κ1) is 19.0. The van der Waals surface area contributed by atoms with Crippen molar-refractivity contribution in [1.82, 2.24) is 0 Å². The van der Waals surface area contributed by atoms with E-state index in [4.69, 9.17) is 32.7 Å². The van der Waals surface area contributed by atoms with Gasteiger partial charge in [0.1, 0.15) is 11.5 Å². The second-order valence-corrected chi connectivity index (χ2v) is 8.05. The molecule has 1 aliphatic carbocycles. The molecule has 4 aromatic carbocycles. The van der Waals surface area contributed by atoms with Crippen molar-refractivity contribution in [3.63, 3.8) is 0 Å². The van der Waals surface area contributed by atoms with Gasteiger partial charge in [-0.3, -0.25) is 0 Å². The van der Waals surface area contributed by atoms with Gasteiger partial charge in [0.25, 0.3) is 0 Å². The molecule has 0 N–H and O–H groups in total.